The van der Waals surface area contributed by atoms with Crippen molar-refractivity contribution in [1.29, 1.82) is 0 Å². The second-order valence-corrected chi connectivity index (χ2v) is 6.16. The van der Waals surface area contributed by atoms with Crippen LogP contribution in [-0.4, -0.2) is 0 Å². The van der Waals surface area contributed by atoms with Gasteiger partial charge in [0, 0.05) is 6.54 Å². The van der Waals surface area contributed by atoms with Crippen LogP contribution in [0.15, 0.2) is 36.4 Å². The van der Waals surface area contributed by atoms with E-state index >= 15 is 0 Å². The van der Waals surface area contributed by atoms with Crippen LogP contribution in [0.4, 0.5) is 4.39 Å². The lowest BCUT2D eigenvalue weighted by molar-refractivity contribution is 0.625. The van der Waals surface area contributed by atoms with Crippen LogP contribution in [0.25, 0.3) is 11.1 Å². The first kappa shape index (κ1) is 15.7. The molecule has 112 valence electrons. The molecule has 0 aromatic heterocycles. The molecule has 0 fully saturated rings. The standard InChI is InChI=1S/C19H24FN/c1-12(2)14-5-7-18(19(10-14)13(3)4)17-8-6-16(20)9-15(17)11-21/h5-10,12-13H,11,21H2,1-4H3. The molecule has 2 rings (SSSR count). The topological polar surface area (TPSA) is 26.0 Å². The molecule has 0 saturated heterocycles. The fourth-order valence-electron chi connectivity index (χ4n) is 2.66. The number of hydrogen-bond donors (Lipinski definition) is 1. The Bertz CT molecular complexity index is 629. The molecule has 2 heteroatoms. The molecule has 0 amide bonds. The summed E-state index contributed by atoms with van der Waals surface area (Å²) in [6.45, 7) is 9.12. The van der Waals surface area contributed by atoms with Crippen molar-refractivity contribution >= 4 is 0 Å². The second-order valence-electron chi connectivity index (χ2n) is 6.16. The van der Waals surface area contributed by atoms with Gasteiger partial charge >= 0.3 is 0 Å². The van der Waals surface area contributed by atoms with E-state index in [-0.39, 0.29) is 5.82 Å². The molecule has 1 nitrogen and oxygen atoms in total. The van der Waals surface area contributed by atoms with E-state index in [1.807, 2.05) is 6.07 Å². The summed E-state index contributed by atoms with van der Waals surface area (Å²) < 4.78 is 13.4. The van der Waals surface area contributed by atoms with Crippen LogP contribution in [0, 0.1) is 5.82 Å². The quantitative estimate of drug-likeness (QED) is 0.821. The third kappa shape index (κ3) is 3.33. The monoisotopic (exact) mass is 285 g/mol. The third-order valence-corrected chi connectivity index (χ3v) is 3.94. The normalized spacial score (nSPS) is 11.4. The Morgan fingerprint density at radius 3 is 2.14 bits per heavy atom. The van der Waals surface area contributed by atoms with E-state index in [1.54, 1.807) is 0 Å². The smallest absolute Gasteiger partial charge is 0.123 e. The van der Waals surface area contributed by atoms with Crippen LogP contribution in [0.1, 0.15) is 56.2 Å². The molecule has 0 unspecified atom stereocenters. The number of benzene rings is 2. The van der Waals surface area contributed by atoms with Gasteiger partial charge in [0.1, 0.15) is 5.82 Å². The summed E-state index contributed by atoms with van der Waals surface area (Å²) in [5.41, 5.74) is 11.5. The van der Waals surface area contributed by atoms with Crippen LogP contribution < -0.4 is 5.73 Å². The summed E-state index contributed by atoms with van der Waals surface area (Å²) in [6, 6.07) is 11.5. The molecule has 0 atom stereocenters. The van der Waals surface area contributed by atoms with Gasteiger partial charge in [-0.15, -0.1) is 0 Å². The molecular formula is C19H24FN. The number of nitrogens with two attached hydrogens (primary N) is 1. The largest absolute Gasteiger partial charge is 0.326 e. The van der Waals surface area contributed by atoms with Crippen LogP contribution in [0.2, 0.25) is 0 Å². The maximum Gasteiger partial charge on any atom is 0.123 e. The summed E-state index contributed by atoms with van der Waals surface area (Å²) in [7, 11) is 0. The van der Waals surface area contributed by atoms with Crippen LogP contribution in [0.5, 0.6) is 0 Å². The maximum absolute atomic E-state index is 13.4. The summed E-state index contributed by atoms with van der Waals surface area (Å²) in [5.74, 6) is 0.678. The lowest BCUT2D eigenvalue weighted by Crippen LogP contribution is -2.03. The van der Waals surface area contributed by atoms with Gasteiger partial charge in [0.25, 0.3) is 0 Å². The highest BCUT2D eigenvalue weighted by atomic mass is 19.1. The Morgan fingerprint density at radius 1 is 0.905 bits per heavy atom. The molecule has 0 heterocycles. The van der Waals surface area contributed by atoms with E-state index in [2.05, 4.69) is 45.9 Å². The third-order valence-electron chi connectivity index (χ3n) is 3.94. The minimum Gasteiger partial charge on any atom is -0.326 e. The van der Waals surface area contributed by atoms with E-state index in [1.165, 1.54) is 23.3 Å². The van der Waals surface area contributed by atoms with Crippen molar-refractivity contribution < 1.29 is 4.39 Å². The van der Waals surface area contributed by atoms with Gasteiger partial charge in [0.2, 0.25) is 0 Å². The molecule has 0 aliphatic carbocycles. The molecule has 2 N–H and O–H groups in total. The van der Waals surface area contributed by atoms with E-state index in [0.717, 1.165) is 16.7 Å². The van der Waals surface area contributed by atoms with Crippen molar-refractivity contribution in [3.8, 4) is 11.1 Å². The van der Waals surface area contributed by atoms with Crippen molar-refractivity contribution in [3.05, 3.63) is 58.9 Å². The van der Waals surface area contributed by atoms with Crippen molar-refractivity contribution in [2.24, 2.45) is 5.73 Å². The molecule has 0 aliphatic heterocycles. The highest BCUT2D eigenvalue weighted by molar-refractivity contribution is 5.72. The Hall–Kier alpha value is -1.67. The number of hydrogen-bond acceptors (Lipinski definition) is 1. The zero-order valence-electron chi connectivity index (χ0n) is 13.3. The zero-order valence-corrected chi connectivity index (χ0v) is 13.3. The van der Waals surface area contributed by atoms with Crippen molar-refractivity contribution in [3.63, 3.8) is 0 Å². The molecule has 0 saturated carbocycles. The Labute approximate surface area is 127 Å². The fourth-order valence-corrected chi connectivity index (χ4v) is 2.66. The van der Waals surface area contributed by atoms with Gasteiger partial charge in [0.05, 0.1) is 0 Å². The minimum atomic E-state index is -0.232. The first-order valence-electron chi connectivity index (χ1n) is 7.56. The predicted octanol–water partition coefficient (Wildman–Crippen LogP) is 5.20. The van der Waals surface area contributed by atoms with Crippen LogP contribution in [-0.2, 0) is 6.54 Å². The Morgan fingerprint density at radius 2 is 1.57 bits per heavy atom. The zero-order chi connectivity index (χ0) is 15.6. The molecule has 0 spiro atoms. The number of rotatable bonds is 4. The molecular weight excluding hydrogens is 261 g/mol. The van der Waals surface area contributed by atoms with E-state index in [9.17, 15) is 4.39 Å². The van der Waals surface area contributed by atoms with Crippen LogP contribution >= 0.6 is 0 Å². The van der Waals surface area contributed by atoms with Gasteiger partial charge in [-0.25, -0.2) is 4.39 Å². The van der Waals surface area contributed by atoms with Gasteiger partial charge < -0.3 is 5.73 Å². The molecule has 21 heavy (non-hydrogen) atoms. The summed E-state index contributed by atoms with van der Waals surface area (Å²) in [4.78, 5) is 0. The maximum atomic E-state index is 13.4. The van der Waals surface area contributed by atoms with E-state index < -0.39 is 0 Å². The second kappa shape index (κ2) is 6.40. The molecule has 0 aliphatic rings. The fraction of sp³-hybridized carbons (Fsp3) is 0.368. The van der Waals surface area contributed by atoms with Gasteiger partial charge in [-0.3, -0.25) is 0 Å². The summed E-state index contributed by atoms with van der Waals surface area (Å²) in [6.07, 6.45) is 0. The van der Waals surface area contributed by atoms with Crippen LogP contribution in [0.3, 0.4) is 0 Å². The van der Waals surface area contributed by atoms with Crippen molar-refractivity contribution in [1.82, 2.24) is 0 Å². The summed E-state index contributed by atoms with van der Waals surface area (Å²) >= 11 is 0. The minimum absolute atomic E-state index is 0.232. The van der Waals surface area contributed by atoms with Crippen molar-refractivity contribution in [2.45, 2.75) is 46.1 Å². The van der Waals surface area contributed by atoms with Gasteiger partial charge in [-0.05, 0) is 51.8 Å². The van der Waals surface area contributed by atoms with Gasteiger partial charge in [-0.2, -0.15) is 0 Å². The number of halogens is 1. The van der Waals surface area contributed by atoms with Gasteiger partial charge in [0.15, 0.2) is 0 Å². The molecule has 0 bridgehead atoms. The van der Waals surface area contributed by atoms with E-state index in [0.29, 0.717) is 18.4 Å². The highest BCUT2D eigenvalue weighted by Crippen LogP contribution is 2.34. The first-order valence-corrected chi connectivity index (χ1v) is 7.56. The van der Waals surface area contributed by atoms with E-state index in [4.69, 9.17) is 5.73 Å². The lowest BCUT2D eigenvalue weighted by Gasteiger charge is -2.18. The van der Waals surface area contributed by atoms with Crippen molar-refractivity contribution in [2.75, 3.05) is 0 Å². The average molecular weight is 285 g/mol. The lowest BCUT2D eigenvalue weighted by atomic mass is 9.87. The first-order chi connectivity index (χ1) is 9.93. The summed E-state index contributed by atoms with van der Waals surface area (Å²) in [5, 5.41) is 0. The average Bonchev–Trinajstić information content (AvgIpc) is 2.46. The predicted molar refractivity (Wildman–Crippen MR) is 87.9 cm³/mol. The molecule has 2 aromatic carbocycles. The Kier molecular flexibility index (Phi) is 4.79. The molecule has 0 radical (unpaired) electrons. The SMILES string of the molecule is CC(C)c1ccc(-c2ccc(F)cc2CN)c(C(C)C)c1. The highest BCUT2D eigenvalue weighted by Gasteiger charge is 2.14. The van der Waals surface area contributed by atoms with Gasteiger partial charge in [-0.1, -0.05) is 52.0 Å². The molecule has 2 aromatic rings. The Balaban J connectivity index is 2.63.